The molecule has 7 nitrogen and oxygen atoms in total. The highest BCUT2D eigenvalue weighted by Gasteiger charge is 2.21. The molecule has 0 aliphatic rings. The Morgan fingerprint density at radius 3 is 2.61 bits per heavy atom. The molecule has 1 atom stereocenters. The fraction of sp³-hybridized carbons (Fsp3) is 0.250. The number of carbonyl (C=O) groups is 1. The zero-order chi connectivity index (χ0) is 23.6. The summed E-state index contributed by atoms with van der Waals surface area (Å²) in [6, 6.07) is 14.9. The fourth-order valence-electron chi connectivity index (χ4n) is 3.80. The Hall–Kier alpha value is -3.17. The van der Waals surface area contributed by atoms with E-state index in [4.69, 9.17) is 4.98 Å². The van der Waals surface area contributed by atoms with Crippen molar-refractivity contribution >= 4 is 44.0 Å². The molecule has 0 aliphatic carbocycles. The molecule has 172 valence electrons. The molecule has 0 radical (unpaired) electrons. The number of benzene rings is 2. The zero-order valence-electron chi connectivity index (χ0n) is 18.7. The summed E-state index contributed by atoms with van der Waals surface area (Å²) in [5, 5.41) is 7.13. The Bertz CT molecular complexity index is 1380. The number of thiophene rings is 1. The second-order valence-corrected chi connectivity index (χ2v) is 10.8. The van der Waals surface area contributed by atoms with E-state index in [-0.39, 0.29) is 17.7 Å². The van der Waals surface area contributed by atoms with Crippen LogP contribution in [0, 0.1) is 0 Å². The molecular weight excluding hydrogens is 456 g/mol. The third-order valence-corrected chi connectivity index (χ3v) is 7.44. The van der Waals surface area contributed by atoms with E-state index in [1.807, 2.05) is 60.3 Å². The summed E-state index contributed by atoms with van der Waals surface area (Å²) in [6.07, 6.45) is 0.710. The summed E-state index contributed by atoms with van der Waals surface area (Å²) in [6.45, 7) is 3.52. The number of nitrogens with one attached hydrogen (secondary N) is 2. The van der Waals surface area contributed by atoms with Crippen LogP contribution in [0.2, 0.25) is 0 Å². The van der Waals surface area contributed by atoms with Crippen molar-refractivity contribution < 1.29 is 13.2 Å². The van der Waals surface area contributed by atoms with E-state index < -0.39 is 10.0 Å². The first-order valence-corrected chi connectivity index (χ1v) is 13.2. The maximum atomic E-state index is 13.4. The van der Waals surface area contributed by atoms with Gasteiger partial charge in [0.05, 0.1) is 28.0 Å². The van der Waals surface area contributed by atoms with Crippen molar-refractivity contribution in [3.8, 4) is 11.4 Å². The Balaban J connectivity index is 1.77. The molecule has 0 bridgehead atoms. The average Bonchev–Trinajstić information content (AvgIpc) is 3.41. The molecule has 9 heteroatoms. The number of hydrogen-bond donors (Lipinski definition) is 2. The van der Waals surface area contributed by atoms with E-state index in [0.29, 0.717) is 34.5 Å². The Kier molecular flexibility index (Phi) is 6.53. The van der Waals surface area contributed by atoms with Crippen LogP contribution in [0.25, 0.3) is 22.4 Å². The summed E-state index contributed by atoms with van der Waals surface area (Å²) >= 11 is 1.62. The number of carbonyl (C=O) groups excluding carboxylic acids is 1. The lowest BCUT2D eigenvalue weighted by Gasteiger charge is -2.15. The minimum Gasteiger partial charge on any atom is -0.349 e. The van der Waals surface area contributed by atoms with Gasteiger partial charge in [0.15, 0.2) is 0 Å². The minimum absolute atomic E-state index is 0.0677. The van der Waals surface area contributed by atoms with E-state index >= 15 is 0 Å². The Morgan fingerprint density at radius 2 is 1.94 bits per heavy atom. The molecule has 0 saturated carbocycles. The Labute approximate surface area is 197 Å². The van der Waals surface area contributed by atoms with Crippen molar-refractivity contribution in [2.45, 2.75) is 26.3 Å². The summed E-state index contributed by atoms with van der Waals surface area (Å²) in [7, 11) is -1.65. The van der Waals surface area contributed by atoms with Crippen LogP contribution >= 0.6 is 11.3 Å². The van der Waals surface area contributed by atoms with Crippen LogP contribution in [0.5, 0.6) is 0 Å². The van der Waals surface area contributed by atoms with Crippen molar-refractivity contribution in [3.05, 3.63) is 70.4 Å². The largest absolute Gasteiger partial charge is 0.349 e. The van der Waals surface area contributed by atoms with E-state index in [0.717, 1.165) is 11.1 Å². The number of aromatic nitrogens is 2. The minimum atomic E-state index is -3.51. The van der Waals surface area contributed by atoms with Gasteiger partial charge in [-0.1, -0.05) is 30.3 Å². The summed E-state index contributed by atoms with van der Waals surface area (Å²) in [5.74, 6) is 0.353. The molecule has 0 saturated heterocycles. The zero-order valence-corrected chi connectivity index (χ0v) is 20.3. The van der Waals surface area contributed by atoms with E-state index in [1.165, 1.54) is 0 Å². The predicted molar refractivity (Wildman–Crippen MR) is 134 cm³/mol. The first-order chi connectivity index (χ1) is 15.8. The molecule has 0 fully saturated rings. The summed E-state index contributed by atoms with van der Waals surface area (Å²) < 4.78 is 28.8. The van der Waals surface area contributed by atoms with Crippen LogP contribution in [0.4, 0.5) is 5.69 Å². The van der Waals surface area contributed by atoms with Gasteiger partial charge in [-0.25, -0.2) is 13.4 Å². The number of sulfonamides is 1. The first-order valence-electron chi connectivity index (χ1n) is 10.7. The molecule has 4 aromatic rings. The van der Waals surface area contributed by atoms with Gasteiger partial charge in [-0.05, 0) is 54.8 Å². The topological polar surface area (TPSA) is 93.1 Å². The molecule has 0 unspecified atom stereocenters. The van der Waals surface area contributed by atoms with Gasteiger partial charge in [0, 0.05) is 18.7 Å². The van der Waals surface area contributed by atoms with Crippen molar-refractivity contribution in [1.29, 1.82) is 0 Å². The number of aryl methyl sites for hydroxylation is 1. The second-order valence-electron chi connectivity index (χ2n) is 7.97. The normalized spacial score (nSPS) is 12.6. The predicted octanol–water partition coefficient (Wildman–Crippen LogP) is 4.42. The molecule has 2 N–H and O–H groups in total. The van der Waals surface area contributed by atoms with Gasteiger partial charge < -0.3 is 9.88 Å². The van der Waals surface area contributed by atoms with E-state index in [2.05, 4.69) is 15.4 Å². The number of hydrogen-bond acceptors (Lipinski definition) is 5. The standard InChI is InChI=1S/C24H26N4O3S2/c1-4-33(30,31)27-19-13-20(24(29)25-16(2)12-17-10-11-32-15-17)22-21(14-19)26-23(28(22)3)18-8-6-5-7-9-18/h5-11,13-16,27H,4,12H2,1-3H3,(H,25,29)/t16-/m1/s1. The van der Waals surface area contributed by atoms with Crippen molar-refractivity contribution in [2.75, 3.05) is 10.5 Å². The third-order valence-electron chi connectivity index (χ3n) is 5.40. The van der Waals surface area contributed by atoms with Gasteiger partial charge in [-0.15, -0.1) is 0 Å². The summed E-state index contributed by atoms with van der Waals surface area (Å²) in [5.41, 5.74) is 3.95. The lowest BCUT2D eigenvalue weighted by atomic mass is 10.1. The van der Waals surface area contributed by atoms with Gasteiger partial charge >= 0.3 is 0 Å². The van der Waals surface area contributed by atoms with Crippen LogP contribution in [0.15, 0.2) is 59.3 Å². The average molecular weight is 483 g/mol. The molecular formula is C24H26N4O3S2. The van der Waals surface area contributed by atoms with Crippen LogP contribution in [-0.2, 0) is 23.5 Å². The maximum absolute atomic E-state index is 13.4. The number of imidazole rings is 1. The first kappa shape index (κ1) is 23.0. The monoisotopic (exact) mass is 482 g/mol. The SMILES string of the molecule is CCS(=O)(=O)Nc1cc(C(=O)N[C@H](C)Cc2ccsc2)c2c(c1)nc(-c1ccccc1)n2C. The molecule has 33 heavy (non-hydrogen) atoms. The van der Waals surface area contributed by atoms with Crippen LogP contribution in [0.3, 0.4) is 0 Å². The molecule has 0 aliphatic heterocycles. The second kappa shape index (κ2) is 9.36. The van der Waals surface area contributed by atoms with Gasteiger partial charge in [0.2, 0.25) is 10.0 Å². The van der Waals surface area contributed by atoms with Gasteiger partial charge in [0.1, 0.15) is 5.82 Å². The third kappa shape index (κ3) is 5.09. The number of fused-ring (bicyclic) bond motifs is 1. The number of rotatable bonds is 8. The number of nitrogens with zero attached hydrogens (tertiary/aromatic N) is 2. The highest BCUT2D eigenvalue weighted by molar-refractivity contribution is 7.92. The van der Waals surface area contributed by atoms with Gasteiger partial charge in [-0.2, -0.15) is 11.3 Å². The lowest BCUT2D eigenvalue weighted by Crippen LogP contribution is -2.34. The number of amides is 1. The fourth-order valence-corrected chi connectivity index (χ4v) is 5.10. The highest BCUT2D eigenvalue weighted by Crippen LogP contribution is 2.29. The van der Waals surface area contributed by atoms with Crippen LogP contribution in [0.1, 0.15) is 29.8 Å². The quantitative estimate of drug-likeness (QED) is 0.389. The van der Waals surface area contributed by atoms with Gasteiger partial charge in [-0.3, -0.25) is 9.52 Å². The molecule has 2 heterocycles. The smallest absolute Gasteiger partial charge is 0.253 e. The molecule has 1 amide bonds. The molecule has 2 aromatic heterocycles. The molecule has 2 aromatic carbocycles. The summed E-state index contributed by atoms with van der Waals surface area (Å²) in [4.78, 5) is 18.1. The van der Waals surface area contributed by atoms with Crippen molar-refractivity contribution in [1.82, 2.24) is 14.9 Å². The van der Waals surface area contributed by atoms with Crippen LogP contribution in [-0.4, -0.2) is 35.7 Å². The maximum Gasteiger partial charge on any atom is 0.253 e. The lowest BCUT2D eigenvalue weighted by molar-refractivity contribution is 0.0941. The molecule has 0 spiro atoms. The van der Waals surface area contributed by atoms with E-state index in [1.54, 1.807) is 30.4 Å². The van der Waals surface area contributed by atoms with Gasteiger partial charge in [0.25, 0.3) is 5.91 Å². The van der Waals surface area contributed by atoms with Crippen LogP contribution < -0.4 is 10.0 Å². The van der Waals surface area contributed by atoms with E-state index in [9.17, 15) is 13.2 Å². The molecule has 4 rings (SSSR count). The van der Waals surface area contributed by atoms with Crippen molar-refractivity contribution in [3.63, 3.8) is 0 Å². The van der Waals surface area contributed by atoms with Crippen molar-refractivity contribution in [2.24, 2.45) is 7.05 Å². The Morgan fingerprint density at radius 1 is 1.18 bits per heavy atom. The number of anilines is 1. The highest BCUT2D eigenvalue weighted by atomic mass is 32.2.